The van der Waals surface area contributed by atoms with Gasteiger partial charge in [0.2, 0.25) is 5.91 Å². The normalized spacial score (nSPS) is 16.6. The van der Waals surface area contributed by atoms with Gasteiger partial charge in [0, 0.05) is 19.2 Å². The van der Waals surface area contributed by atoms with Gasteiger partial charge in [0.1, 0.15) is 5.82 Å². The highest BCUT2D eigenvalue weighted by Gasteiger charge is 2.17. The van der Waals surface area contributed by atoms with Crippen LogP contribution in [-0.2, 0) is 4.79 Å². The minimum atomic E-state index is -0.207. The van der Waals surface area contributed by atoms with Crippen molar-refractivity contribution in [3.8, 4) is 0 Å². The maximum Gasteiger partial charge on any atom is 0.252 e. The second kappa shape index (κ2) is 3.49. The predicted octanol–water partition coefficient (Wildman–Crippen LogP) is -1.29. The minimum Gasteiger partial charge on any atom is -0.353 e. The minimum absolute atomic E-state index is 0.0432. The van der Waals surface area contributed by atoms with Crippen LogP contribution in [0.15, 0.2) is 17.2 Å². The molecule has 2 rings (SSSR count). The van der Waals surface area contributed by atoms with Gasteiger partial charge in [0.15, 0.2) is 0 Å². The molecule has 0 radical (unpaired) electrons. The second-order valence-corrected chi connectivity index (χ2v) is 3.04. The van der Waals surface area contributed by atoms with E-state index in [1.54, 1.807) is 4.90 Å². The van der Waals surface area contributed by atoms with Crippen molar-refractivity contribution in [2.75, 3.05) is 24.5 Å². The van der Waals surface area contributed by atoms with E-state index >= 15 is 0 Å². The molecule has 1 aliphatic rings. The lowest BCUT2D eigenvalue weighted by atomic mass is 10.3. The Hall–Kier alpha value is -1.85. The lowest BCUT2D eigenvalue weighted by molar-refractivity contribution is -0.120. The molecule has 0 spiro atoms. The molecule has 6 heteroatoms. The Labute approximate surface area is 80.0 Å². The fourth-order valence-corrected chi connectivity index (χ4v) is 1.37. The molecular weight excluding hydrogens is 184 g/mol. The van der Waals surface area contributed by atoms with Crippen LogP contribution in [0.1, 0.15) is 0 Å². The van der Waals surface area contributed by atoms with Gasteiger partial charge in [0.25, 0.3) is 5.56 Å². The van der Waals surface area contributed by atoms with Crippen LogP contribution in [0.4, 0.5) is 5.82 Å². The van der Waals surface area contributed by atoms with Gasteiger partial charge in [-0.05, 0) is 0 Å². The van der Waals surface area contributed by atoms with Crippen LogP contribution in [0.2, 0.25) is 0 Å². The number of anilines is 1. The molecule has 0 atom stereocenters. The molecule has 0 saturated carbocycles. The van der Waals surface area contributed by atoms with Gasteiger partial charge in [-0.1, -0.05) is 0 Å². The zero-order valence-electron chi connectivity index (χ0n) is 7.49. The molecule has 1 aromatic heterocycles. The summed E-state index contributed by atoms with van der Waals surface area (Å²) in [5.41, 5.74) is -0.207. The monoisotopic (exact) mass is 194 g/mol. The smallest absolute Gasteiger partial charge is 0.252 e. The molecule has 0 unspecified atom stereocenters. The van der Waals surface area contributed by atoms with E-state index in [1.807, 2.05) is 0 Å². The zero-order chi connectivity index (χ0) is 9.97. The first-order valence-electron chi connectivity index (χ1n) is 4.32. The molecule has 1 aromatic rings. The van der Waals surface area contributed by atoms with E-state index in [0.717, 1.165) is 0 Å². The summed E-state index contributed by atoms with van der Waals surface area (Å²) in [4.78, 5) is 30.2. The topological polar surface area (TPSA) is 78.1 Å². The maximum absolute atomic E-state index is 11.1. The summed E-state index contributed by atoms with van der Waals surface area (Å²) in [7, 11) is 0. The first-order chi connectivity index (χ1) is 6.75. The number of nitrogens with one attached hydrogen (secondary N) is 2. The van der Waals surface area contributed by atoms with E-state index in [2.05, 4.69) is 15.3 Å². The molecule has 14 heavy (non-hydrogen) atoms. The van der Waals surface area contributed by atoms with Crippen molar-refractivity contribution < 1.29 is 4.79 Å². The lowest BCUT2D eigenvalue weighted by Crippen LogP contribution is -2.48. The van der Waals surface area contributed by atoms with Crippen molar-refractivity contribution in [2.24, 2.45) is 0 Å². The Morgan fingerprint density at radius 3 is 3.00 bits per heavy atom. The predicted molar refractivity (Wildman–Crippen MR) is 50.1 cm³/mol. The van der Waals surface area contributed by atoms with Crippen molar-refractivity contribution in [3.05, 3.63) is 22.7 Å². The Morgan fingerprint density at radius 2 is 2.29 bits per heavy atom. The van der Waals surface area contributed by atoms with Crippen LogP contribution in [0.25, 0.3) is 0 Å². The first kappa shape index (κ1) is 8.74. The molecule has 74 valence electrons. The number of hydrogen-bond donors (Lipinski definition) is 2. The zero-order valence-corrected chi connectivity index (χ0v) is 7.49. The van der Waals surface area contributed by atoms with Crippen LogP contribution in [0.3, 0.4) is 0 Å². The molecule has 1 fully saturated rings. The molecule has 0 bridgehead atoms. The number of aromatic amines is 1. The third-order valence-corrected chi connectivity index (χ3v) is 2.03. The van der Waals surface area contributed by atoms with Crippen LogP contribution < -0.4 is 15.8 Å². The molecule has 0 aliphatic carbocycles. The maximum atomic E-state index is 11.1. The summed E-state index contributed by atoms with van der Waals surface area (Å²) in [6.07, 6.45) is 1.34. The lowest BCUT2D eigenvalue weighted by Gasteiger charge is -2.27. The molecule has 0 aromatic carbocycles. The number of rotatable bonds is 1. The summed E-state index contributed by atoms with van der Waals surface area (Å²) >= 11 is 0. The van der Waals surface area contributed by atoms with Crippen molar-refractivity contribution in [2.45, 2.75) is 0 Å². The van der Waals surface area contributed by atoms with Crippen LogP contribution in [-0.4, -0.2) is 35.5 Å². The van der Waals surface area contributed by atoms with Gasteiger partial charge in [-0.2, -0.15) is 0 Å². The van der Waals surface area contributed by atoms with Crippen LogP contribution >= 0.6 is 0 Å². The van der Waals surface area contributed by atoms with Crippen molar-refractivity contribution in [1.29, 1.82) is 0 Å². The largest absolute Gasteiger partial charge is 0.353 e. The number of nitrogens with zero attached hydrogens (tertiary/aromatic N) is 2. The fourth-order valence-electron chi connectivity index (χ4n) is 1.37. The molecule has 1 aliphatic heterocycles. The number of H-pyrrole nitrogens is 1. The van der Waals surface area contributed by atoms with E-state index in [9.17, 15) is 9.59 Å². The summed E-state index contributed by atoms with van der Waals surface area (Å²) in [6, 6.07) is 1.39. The highest BCUT2D eigenvalue weighted by atomic mass is 16.2. The molecule has 2 heterocycles. The Bertz CT molecular complexity index is 400. The quantitative estimate of drug-likeness (QED) is 0.583. The van der Waals surface area contributed by atoms with E-state index in [0.29, 0.717) is 18.9 Å². The van der Waals surface area contributed by atoms with Gasteiger partial charge < -0.3 is 15.2 Å². The van der Waals surface area contributed by atoms with E-state index < -0.39 is 0 Å². The van der Waals surface area contributed by atoms with E-state index in [1.165, 1.54) is 12.4 Å². The number of carbonyl (C=O) groups excluding carboxylic acids is 1. The van der Waals surface area contributed by atoms with Gasteiger partial charge in [-0.15, -0.1) is 0 Å². The number of aromatic nitrogens is 2. The average molecular weight is 194 g/mol. The van der Waals surface area contributed by atoms with Crippen LogP contribution in [0.5, 0.6) is 0 Å². The summed E-state index contributed by atoms with van der Waals surface area (Å²) in [5, 5.41) is 2.70. The van der Waals surface area contributed by atoms with Gasteiger partial charge in [-0.25, -0.2) is 4.98 Å². The molecule has 1 saturated heterocycles. The Morgan fingerprint density at radius 1 is 1.43 bits per heavy atom. The average Bonchev–Trinajstić information content (AvgIpc) is 2.18. The third kappa shape index (κ3) is 1.73. The van der Waals surface area contributed by atoms with Gasteiger partial charge >= 0.3 is 0 Å². The molecule has 2 N–H and O–H groups in total. The van der Waals surface area contributed by atoms with Crippen LogP contribution in [0, 0.1) is 0 Å². The molecular formula is C8H10N4O2. The number of hydrogen-bond acceptors (Lipinski definition) is 4. The van der Waals surface area contributed by atoms with Crippen molar-refractivity contribution in [1.82, 2.24) is 15.3 Å². The summed E-state index contributed by atoms with van der Waals surface area (Å²) in [6.45, 7) is 1.53. The Balaban J connectivity index is 2.22. The number of carbonyl (C=O) groups is 1. The highest BCUT2D eigenvalue weighted by molar-refractivity contribution is 5.82. The standard InChI is InChI=1S/C8H10N4O2/c13-7-3-6(10-5-11-7)12-2-1-9-8(14)4-12/h3,5H,1-2,4H2,(H,9,14)(H,10,11,13). The summed E-state index contributed by atoms with van der Waals surface area (Å²) in [5.74, 6) is 0.502. The number of piperazine rings is 1. The molecule has 1 amide bonds. The summed E-state index contributed by atoms with van der Waals surface area (Å²) < 4.78 is 0. The fraction of sp³-hybridized carbons (Fsp3) is 0.375. The van der Waals surface area contributed by atoms with Gasteiger partial charge in [0.05, 0.1) is 12.9 Å². The molecule has 6 nitrogen and oxygen atoms in total. The van der Waals surface area contributed by atoms with E-state index in [-0.39, 0.29) is 18.0 Å². The third-order valence-electron chi connectivity index (χ3n) is 2.03. The first-order valence-corrected chi connectivity index (χ1v) is 4.32. The second-order valence-electron chi connectivity index (χ2n) is 3.04. The highest BCUT2D eigenvalue weighted by Crippen LogP contribution is 2.06. The van der Waals surface area contributed by atoms with Gasteiger partial charge in [-0.3, -0.25) is 9.59 Å². The van der Waals surface area contributed by atoms with Crippen molar-refractivity contribution >= 4 is 11.7 Å². The van der Waals surface area contributed by atoms with Crippen molar-refractivity contribution in [3.63, 3.8) is 0 Å². The van der Waals surface area contributed by atoms with E-state index in [4.69, 9.17) is 0 Å². The SMILES string of the molecule is O=C1CN(c2cc(=O)[nH]cn2)CCN1. The number of amides is 1. The Kier molecular flexibility index (Phi) is 2.18.